The Morgan fingerprint density at radius 3 is 2.86 bits per heavy atom. The summed E-state index contributed by atoms with van der Waals surface area (Å²) in [5, 5.41) is 2.22. The van der Waals surface area contributed by atoms with Gasteiger partial charge in [0, 0.05) is 22.9 Å². The summed E-state index contributed by atoms with van der Waals surface area (Å²) in [5.74, 6) is 0.746. The van der Waals surface area contributed by atoms with E-state index < -0.39 is 0 Å². The Hall–Kier alpha value is -0.830. The molecule has 1 aliphatic heterocycles. The highest BCUT2D eigenvalue weighted by Crippen LogP contribution is 2.44. The summed E-state index contributed by atoms with van der Waals surface area (Å²) in [7, 11) is 0. The average Bonchev–Trinajstić information content (AvgIpc) is 3.19. The number of aryl methyl sites for hydroxylation is 1. The van der Waals surface area contributed by atoms with Crippen LogP contribution in [0, 0.1) is 0 Å². The summed E-state index contributed by atoms with van der Waals surface area (Å²) in [4.78, 5) is 4.33. The number of rotatable bonds is 2. The van der Waals surface area contributed by atoms with Gasteiger partial charge in [-0.25, -0.2) is 0 Å². The van der Waals surface area contributed by atoms with E-state index in [1.165, 1.54) is 38.8 Å². The van der Waals surface area contributed by atoms with Crippen LogP contribution in [-0.4, -0.2) is 18.0 Å². The molecular weight excluding hydrogens is 310 g/mol. The Morgan fingerprint density at radius 1 is 1.18 bits per heavy atom. The SMILES string of the molecule is CC1(N2CCC(c3cccs3)C2)CCCc2ccccc21.Cl. The van der Waals surface area contributed by atoms with Crippen LogP contribution >= 0.6 is 23.7 Å². The van der Waals surface area contributed by atoms with Gasteiger partial charge in [-0.1, -0.05) is 30.3 Å². The standard InChI is InChI=1S/C19H23NS.ClH/c1-19(11-4-7-15-6-2-3-8-17(15)19)20-12-10-16(14-20)18-9-5-13-21-18;/h2-3,5-6,8-9,13,16H,4,7,10-12,14H2,1H3;1H. The molecule has 1 nitrogen and oxygen atoms in total. The predicted octanol–water partition coefficient (Wildman–Crippen LogP) is 5.21. The third-order valence-corrected chi connectivity index (χ3v) is 6.57. The highest BCUT2D eigenvalue weighted by Gasteiger charge is 2.41. The van der Waals surface area contributed by atoms with Crippen molar-refractivity contribution < 1.29 is 0 Å². The number of hydrogen-bond acceptors (Lipinski definition) is 2. The van der Waals surface area contributed by atoms with E-state index in [0.29, 0.717) is 0 Å². The molecule has 2 heterocycles. The molecule has 2 aliphatic rings. The molecule has 1 aromatic carbocycles. The molecule has 0 amide bonds. The van der Waals surface area contributed by atoms with Crippen LogP contribution < -0.4 is 0 Å². The van der Waals surface area contributed by atoms with Gasteiger partial charge in [-0.05, 0) is 61.7 Å². The minimum absolute atomic E-state index is 0. The fraction of sp³-hybridized carbons (Fsp3) is 0.474. The molecule has 2 atom stereocenters. The molecule has 0 N–H and O–H groups in total. The van der Waals surface area contributed by atoms with Gasteiger partial charge in [-0.2, -0.15) is 0 Å². The van der Waals surface area contributed by atoms with Gasteiger partial charge < -0.3 is 0 Å². The van der Waals surface area contributed by atoms with Crippen molar-refractivity contribution in [3.05, 3.63) is 57.8 Å². The summed E-state index contributed by atoms with van der Waals surface area (Å²) >= 11 is 1.93. The van der Waals surface area contributed by atoms with Crippen LogP contribution in [-0.2, 0) is 12.0 Å². The second kappa shape index (κ2) is 6.35. The molecule has 0 spiro atoms. The fourth-order valence-corrected chi connectivity index (χ4v) is 5.17. The predicted molar refractivity (Wildman–Crippen MR) is 97.2 cm³/mol. The van der Waals surface area contributed by atoms with Gasteiger partial charge in [0.2, 0.25) is 0 Å². The van der Waals surface area contributed by atoms with Crippen molar-refractivity contribution in [3.63, 3.8) is 0 Å². The molecule has 118 valence electrons. The molecule has 0 saturated carbocycles. The van der Waals surface area contributed by atoms with E-state index in [0.717, 1.165) is 5.92 Å². The molecular formula is C19H24ClNS. The minimum Gasteiger partial charge on any atom is -0.293 e. The second-order valence-electron chi connectivity index (χ2n) is 6.73. The summed E-state index contributed by atoms with van der Waals surface area (Å²) in [5.41, 5.74) is 3.41. The number of thiophene rings is 1. The Kier molecular flexibility index (Phi) is 4.63. The number of benzene rings is 1. The van der Waals surface area contributed by atoms with Crippen molar-refractivity contribution in [2.75, 3.05) is 13.1 Å². The van der Waals surface area contributed by atoms with Gasteiger partial charge in [0.05, 0.1) is 0 Å². The molecule has 4 rings (SSSR count). The van der Waals surface area contributed by atoms with Gasteiger partial charge in [0.25, 0.3) is 0 Å². The molecule has 2 unspecified atom stereocenters. The smallest absolute Gasteiger partial charge is 0.0435 e. The normalized spacial score (nSPS) is 28.1. The lowest BCUT2D eigenvalue weighted by Gasteiger charge is -2.43. The lowest BCUT2D eigenvalue weighted by Crippen LogP contribution is -2.44. The largest absolute Gasteiger partial charge is 0.293 e. The highest BCUT2D eigenvalue weighted by molar-refractivity contribution is 7.10. The van der Waals surface area contributed by atoms with Crippen molar-refractivity contribution in [2.24, 2.45) is 0 Å². The quantitative estimate of drug-likeness (QED) is 0.729. The Morgan fingerprint density at radius 2 is 2.05 bits per heavy atom. The summed E-state index contributed by atoms with van der Waals surface area (Å²) < 4.78 is 0. The van der Waals surface area contributed by atoms with Crippen molar-refractivity contribution >= 4 is 23.7 Å². The van der Waals surface area contributed by atoms with Gasteiger partial charge >= 0.3 is 0 Å². The topological polar surface area (TPSA) is 3.24 Å². The van der Waals surface area contributed by atoms with Gasteiger partial charge in [0.15, 0.2) is 0 Å². The molecule has 1 aromatic heterocycles. The molecule has 0 bridgehead atoms. The van der Waals surface area contributed by atoms with Crippen molar-refractivity contribution in [1.29, 1.82) is 0 Å². The molecule has 3 heteroatoms. The van der Waals surface area contributed by atoms with Crippen LogP contribution in [0.25, 0.3) is 0 Å². The molecule has 1 aliphatic carbocycles. The number of fused-ring (bicyclic) bond motifs is 1. The first kappa shape index (κ1) is 16.0. The van der Waals surface area contributed by atoms with Crippen molar-refractivity contribution in [1.82, 2.24) is 4.90 Å². The van der Waals surface area contributed by atoms with E-state index in [1.54, 1.807) is 16.0 Å². The first-order valence-corrected chi connectivity index (χ1v) is 9.02. The van der Waals surface area contributed by atoms with Crippen LogP contribution in [0.1, 0.15) is 48.1 Å². The fourth-order valence-electron chi connectivity index (χ4n) is 4.31. The number of halogens is 1. The summed E-state index contributed by atoms with van der Waals surface area (Å²) in [6, 6.07) is 13.6. The van der Waals surface area contributed by atoms with E-state index >= 15 is 0 Å². The average molecular weight is 334 g/mol. The zero-order valence-corrected chi connectivity index (χ0v) is 14.8. The number of hydrogen-bond donors (Lipinski definition) is 0. The number of nitrogens with zero attached hydrogens (tertiary/aromatic N) is 1. The van der Waals surface area contributed by atoms with E-state index in [4.69, 9.17) is 0 Å². The van der Waals surface area contributed by atoms with Crippen LogP contribution in [0.15, 0.2) is 41.8 Å². The molecule has 0 radical (unpaired) electrons. The maximum absolute atomic E-state index is 2.76. The third-order valence-electron chi connectivity index (χ3n) is 5.54. The number of likely N-dealkylation sites (tertiary alicyclic amines) is 1. The Bertz CT molecular complexity index is 624. The van der Waals surface area contributed by atoms with E-state index in [-0.39, 0.29) is 17.9 Å². The first-order chi connectivity index (χ1) is 10.3. The minimum atomic E-state index is 0. The van der Waals surface area contributed by atoms with Crippen LogP contribution in [0.2, 0.25) is 0 Å². The van der Waals surface area contributed by atoms with E-state index in [1.807, 2.05) is 11.3 Å². The summed E-state index contributed by atoms with van der Waals surface area (Å²) in [6.45, 7) is 4.94. The lowest BCUT2D eigenvalue weighted by molar-refractivity contribution is 0.112. The van der Waals surface area contributed by atoms with Crippen molar-refractivity contribution in [3.8, 4) is 0 Å². The van der Waals surface area contributed by atoms with Crippen LogP contribution in [0.5, 0.6) is 0 Å². The maximum atomic E-state index is 2.76. The summed E-state index contributed by atoms with van der Waals surface area (Å²) in [6.07, 6.45) is 5.21. The first-order valence-electron chi connectivity index (χ1n) is 8.14. The second-order valence-corrected chi connectivity index (χ2v) is 7.71. The Labute approximate surface area is 143 Å². The highest BCUT2D eigenvalue weighted by atomic mass is 35.5. The zero-order chi connectivity index (χ0) is 14.3. The van der Waals surface area contributed by atoms with Gasteiger partial charge in [-0.3, -0.25) is 4.90 Å². The van der Waals surface area contributed by atoms with Gasteiger partial charge in [-0.15, -0.1) is 23.7 Å². The van der Waals surface area contributed by atoms with Crippen molar-refractivity contribution in [2.45, 2.75) is 44.1 Å². The van der Waals surface area contributed by atoms with Crippen LogP contribution in [0.4, 0.5) is 0 Å². The molecule has 1 fully saturated rings. The maximum Gasteiger partial charge on any atom is 0.0435 e. The monoisotopic (exact) mass is 333 g/mol. The van der Waals surface area contributed by atoms with E-state index in [9.17, 15) is 0 Å². The van der Waals surface area contributed by atoms with E-state index in [2.05, 4.69) is 53.6 Å². The zero-order valence-electron chi connectivity index (χ0n) is 13.1. The molecule has 22 heavy (non-hydrogen) atoms. The Balaban J connectivity index is 0.00000144. The molecule has 2 aromatic rings. The van der Waals surface area contributed by atoms with Crippen LogP contribution in [0.3, 0.4) is 0 Å². The van der Waals surface area contributed by atoms with Gasteiger partial charge in [0.1, 0.15) is 0 Å². The third kappa shape index (κ3) is 2.62. The molecule has 1 saturated heterocycles. The lowest BCUT2D eigenvalue weighted by atomic mass is 9.76.